The molecule has 1 N–H and O–H groups in total. The first kappa shape index (κ1) is 21.5. The summed E-state index contributed by atoms with van der Waals surface area (Å²) in [4.78, 5) is 0. The summed E-state index contributed by atoms with van der Waals surface area (Å²) in [6, 6.07) is 25.9. The Morgan fingerprint density at radius 3 is 2.09 bits per heavy atom. The van der Waals surface area contributed by atoms with Gasteiger partial charge in [-0.05, 0) is 47.5 Å². The number of aromatic nitrogens is 2. The fourth-order valence-electron chi connectivity index (χ4n) is 3.34. The molecule has 4 rings (SSSR count). The van der Waals surface area contributed by atoms with Crippen LogP contribution in [0.15, 0.2) is 78.9 Å². The van der Waals surface area contributed by atoms with Crippen molar-refractivity contribution in [1.29, 1.82) is 0 Å². The van der Waals surface area contributed by atoms with Gasteiger partial charge in [0.1, 0.15) is 24.7 Å². The molecule has 164 valence electrons. The summed E-state index contributed by atoms with van der Waals surface area (Å²) in [5.41, 5.74) is 4.85. The lowest BCUT2D eigenvalue weighted by Crippen LogP contribution is -2.05. The quantitative estimate of drug-likeness (QED) is 0.343. The lowest BCUT2D eigenvalue weighted by atomic mass is 10.0. The van der Waals surface area contributed by atoms with Crippen molar-refractivity contribution in [3.8, 4) is 39.8 Å². The molecule has 4 aromatic rings. The zero-order chi connectivity index (χ0) is 22.2. The molecule has 0 unspecified atom stereocenters. The lowest BCUT2D eigenvalue weighted by molar-refractivity contribution is 0.144. The normalized spacial score (nSPS) is 10.7. The molecule has 6 heteroatoms. The Morgan fingerprint density at radius 2 is 1.41 bits per heavy atom. The van der Waals surface area contributed by atoms with Crippen molar-refractivity contribution in [3.05, 3.63) is 84.4 Å². The van der Waals surface area contributed by atoms with E-state index in [1.54, 1.807) is 14.2 Å². The van der Waals surface area contributed by atoms with Crippen LogP contribution in [0, 0.1) is 0 Å². The van der Waals surface area contributed by atoms with Crippen LogP contribution in [0.1, 0.15) is 5.56 Å². The summed E-state index contributed by atoms with van der Waals surface area (Å²) in [5, 5.41) is 7.55. The van der Waals surface area contributed by atoms with Crippen LogP contribution in [-0.4, -0.2) is 37.6 Å². The fraction of sp³-hybridized carbons (Fsp3) is 0.192. The van der Waals surface area contributed by atoms with Gasteiger partial charge in [-0.2, -0.15) is 0 Å². The molecule has 0 saturated carbocycles. The highest BCUT2D eigenvalue weighted by Gasteiger charge is 2.18. The summed E-state index contributed by atoms with van der Waals surface area (Å²) < 4.78 is 22.2. The number of nitrogens with zero attached hydrogens (tertiary/aromatic N) is 1. The van der Waals surface area contributed by atoms with Gasteiger partial charge in [0.2, 0.25) is 5.88 Å². The van der Waals surface area contributed by atoms with Crippen LogP contribution in [0.3, 0.4) is 0 Å². The third kappa shape index (κ3) is 5.10. The van der Waals surface area contributed by atoms with Gasteiger partial charge in [-0.25, -0.2) is 0 Å². The minimum Gasteiger partial charge on any atom is -0.497 e. The van der Waals surface area contributed by atoms with E-state index >= 15 is 0 Å². The molecule has 0 aliphatic rings. The number of aromatic amines is 1. The Kier molecular flexibility index (Phi) is 7.05. The third-order valence-electron chi connectivity index (χ3n) is 5.03. The van der Waals surface area contributed by atoms with Gasteiger partial charge in [0.05, 0.1) is 25.0 Å². The minimum absolute atomic E-state index is 0.413. The molecule has 0 aliphatic heterocycles. The van der Waals surface area contributed by atoms with E-state index in [0.717, 1.165) is 39.4 Å². The average molecular weight is 431 g/mol. The summed E-state index contributed by atoms with van der Waals surface area (Å²) >= 11 is 0. The van der Waals surface area contributed by atoms with Crippen LogP contribution >= 0.6 is 0 Å². The smallest absolute Gasteiger partial charge is 0.241 e. The zero-order valence-electron chi connectivity index (χ0n) is 18.2. The maximum Gasteiger partial charge on any atom is 0.241 e. The molecule has 0 radical (unpaired) electrons. The average Bonchev–Trinajstić information content (AvgIpc) is 3.28. The Hall–Kier alpha value is -3.77. The number of hydrogen-bond donors (Lipinski definition) is 1. The SMILES string of the molecule is COCCOc1n[nH]c(-c2ccc(OCc3ccccc3)cc2)c1-c1ccc(OC)cc1. The predicted molar refractivity (Wildman–Crippen MR) is 124 cm³/mol. The van der Waals surface area contributed by atoms with Crippen LogP contribution < -0.4 is 14.2 Å². The van der Waals surface area contributed by atoms with Gasteiger partial charge in [0, 0.05) is 12.7 Å². The second-order valence-corrected chi connectivity index (χ2v) is 7.15. The zero-order valence-corrected chi connectivity index (χ0v) is 18.2. The van der Waals surface area contributed by atoms with Crippen molar-refractivity contribution >= 4 is 0 Å². The first-order chi connectivity index (χ1) is 15.8. The van der Waals surface area contributed by atoms with E-state index in [2.05, 4.69) is 10.2 Å². The van der Waals surface area contributed by atoms with E-state index in [-0.39, 0.29) is 0 Å². The monoisotopic (exact) mass is 430 g/mol. The maximum absolute atomic E-state index is 5.92. The van der Waals surface area contributed by atoms with Crippen LogP contribution in [0.4, 0.5) is 0 Å². The van der Waals surface area contributed by atoms with Crippen molar-refractivity contribution in [2.45, 2.75) is 6.61 Å². The Labute approximate surface area is 187 Å². The Balaban J connectivity index is 1.58. The second-order valence-electron chi connectivity index (χ2n) is 7.15. The number of nitrogens with one attached hydrogen (secondary N) is 1. The highest BCUT2D eigenvalue weighted by molar-refractivity contribution is 5.84. The van der Waals surface area contributed by atoms with E-state index in [4.69, 9.17) is 18.9 Å². The number of hydrogen-bond acceptors (Lipinski definition) is 5. The first-order valence-corrected chi connectivity index (χ1v) is 10.4. The van der Waals surface area contributed by atoms with Crippen molar-refractivity contribution in [3.63, 3.8) is 0 Å². The second kappa shape index (κ2) is 10.5. The molecular weight excluding hydrogens is 404 g/mol. The predicted octanol–water partition coefficient (Wildman–Crippen LogP) is 5.36. The van der Waals surface area contributed by atoms with Crippen LogP contribution in [0.5, 0.6) is 17.4 Å². The molecule has 32 heavy (non-hydrogen) atoms. The molecule has 0 amide bonds. The van der Waals surface area contributed by atoms with Gasteiger partial charge in [-0.3, -0.25) is 5.10 Å². The van der Waals surface area contributed by atoms with Gasteiger partial charge in [-0.1, -0.05) is 42.5 Å². The number of methoxy groups -OCH3 is 2. The number of ether oxygens (including phenoxy) is 4. The third-order valence-corrected chi connectivity index (χ3v) is 5.03. The lowest BCUT2D eigenvalue weighted by Gasteiger charge is -2.10. The van der Waals surface area contributed by atoms with E-state index in [1.807, 2.05) is 78.9 Å². The number of H-pyrrole nitrogens is 1. The summed E-state index contributed by atoms with van der Waals surface area (Å²) in [7, 11) is 3.30. The molecular formula is C26H26N2O4. The summed E-state index contributed by atoms with van der Waals surface area (Å²) in [5.74, 6) is 2.13. The topological polar surface area (TPSA) is 65.6 Å². The molecule has 0 saturated heterocycles. The van der Waals surface area contributed by atoms with Gasteiger partial charge in [0.15, 0.2) is 0 Å². The van der Waals surface area contributed by atoms with Crippen LogP contribution in [0.25, 0.3) is 22.4 Å². The first-order valence-electron chi connectivity index (χ1n) is 10.4. The van der Waals surface area contributed by atoms with Gasteiger partial charge >= 0.3 is 0 Å². The molecule has 3 aromatic carbocycles. The van der Waals surface area contributed by atoms with E-state index in [9.17, 15) is 0 Å². The van der Waals surface area contributed by atoms with E-state index < -0.39 is 0 Å². The standard InChI is InChI=1S/C26H26N2O4/c1-29-16-17-31-26-24(20-8-12-22(30-2)13-9-20)25(27-28-26)21-10-14-23(15-11-21)32-18-19-6-4-3-5-7-19/h3-15H,16-18H2,1-2H3,(H,27,28). The molecule has 1 aromatic heterocycles. The molecule has 6 nitrogen and oxygen atoms in total. The van der Waals surface area contributed by atoms with E-state index in [1.165, 1.54) is 0 Å². The highest BCUT2D eigenvalue weighted by atomic mass is 16.5. The number of benzene rings is 3. The van der Waals surface area contributed by atoms with Crippen molar-refractivity contribution in [2.24, 2.45) is 0 Å². The highest BCUT2D eigenvalue weighted by Crippen LogP contribution is 2.38. The molecule has 1 heterocycles. The minimum atomic E-state index is 0.413. The van der Waals surface area contributed by atoms with Gasteiger partial charge in [-0.15, -0.1) is 5.10 Å². The van der Waals surface area contributed by atoms with E-state index in [0.29, 0.717) is 25.7 Å². The molecule has 0 fully saturated rings. The fourth-order valence-corrected chi connectivity index (χ4v) is 3.34. The van der Waals surface area contributed by atoms with Crippen LogP contribution in [0.2, 0.25) is 0 Å². The molecule has 0 aliphatic carbocycles. The summed E-state index contributed by atoms with van der Waals surface area (Å²) in [6.45, 7) is 1.42. The van der Waals surface area contributed by atoms with Crippen molar-refractivity contribution in [1.82, 2.24) is 10.2 Å². The molecule has 0 spiro atoms. The van der Waals surface area contributed by atoms with Crippen molar-refractivity contribution in [2.75, 3.05) is 27.4 Å². The maximum atomic E-state index is 5.92. The molecule has 0 atom stereocenters. The number of rotatable bonds is 10. The summed E-state index contributed by atoms with van der Waals surface area (Å²) in [6.07, 6.45) is 0. The van der Waals surface area contributed by atoms with Crippen molar-refractivity contribution < 1.29 is 18.9 Å². The van der Waals surface area contributed by atoms with Gasteiger partial charge in [0.25, 0.3) is 0 Å². The van der Waals surface area contributed by atoms with Gasteiger partial charge < -0.3 is 18.9 Å². The Morgan fingerprint density at radius 1 is 0.719 bits per heavy atom. The molecule has 0 bridgehead atoms. The largest absolute Gasteiger partial charge is 0.497 e. The Bertz CT molecular complexity index is 1110. The van der Waals surface area contributed by atoms with Crippen LogP contribution in [-0.2, 0) is 11.3 Å².